The molecule has 0 spiro atoms. The molecule has 5 nitrogen and oxygen atoms in total. The number of halogens is 2. The zero-order valence-electron chi connectivity index (χ0n) is 14.0. The number of pyridine rings is 1. The van der Waals surface area contributed by atoms with Crippen LogP contribution in [0.4, 0.5) is 11.5 Å². The zero-order valence-corrected chi connectivity index (χ0v) is 15.5. The van der Waals surface area contributed by atoms with Crippen LogP contribution in [0.25, 0.3) is 0 Å². The van der Waals surface area contributed by atoms with Gasteiger partial charge in [0.2, 0.25) is 0 Å². The lowest BCUT2D eigenvalue weighted by Crippen LogP contribution is -2.48. The minimum Gasteiger partial charge on any atom is -0.339 e. The average Bonchev–Trinajstić information content (AvgIpc) is 2.64. The topological polar surface area (TPSA) is 48.5 Å². The van der Waals surface area contributed by atoms with E-state index < -0.39 is 0 Å². The van der Waals surface area contributed by atoms with E-state index in [1.807, 2.05) is 4.90 Å². The Labute approximate surface area is 157 Å². The maximum atomic E-state index is 12.7. The molecule has 1 saturated heterocycles. The van der Waals surface area contributed by atoms with Gasteiger partial charge in [-0.1, -0.05) is 30.1 Å². The van der Waals surface area contributed by atoms with Gasteiger partial charge in [-0.3, -0.25) is 4.79 Å². The van der Waals surface area contributed by atoms with Crippen molar-refractivity contribution in [2.24, 2.45) is 0 Å². The first kappa shape index (κ1) is 18.0. The second-order valence-electron chi connectivity index (χ2n) is 5.91. The van der Waals surface area contributed by atoms with Crippen LogP contribution in [0.3, 0.4) is 0 Å². The first-order valence-electron chi connectivity index (χ1n) is 8.26. The molecule has 1 aromatic heterocycles. The van der Waals surface area contributed by atoms with Crippen LogP contribution in [0, 0.1) is 0 Å². The number of carbonyl (C=O) groups is 1. The summed E-state index contributed by atoms with van der Waals surface area (Å²) in [4.78, 5) is 21.2. The minimum atomic E-state index is 0.0263. The van der Waals surface area contributed by atoms with E-state index in [0.29, 0.717) is 27.1 Å². The molecule has 1 amide bonds. The van der Waals surface area contributed by atoms with E-state index in [4.69, 9.17) is 23.2 Å². The van der Waals surface area contributed by atoms with Crippen molar-refractivity contribution in [1.82, 2.24) is 14.8 Å². The Bertz CT molecular complexity index is 760. The van der Waals surface area contributed by atoms with E-state index >= 15 is 0 Å². The first-order chi connectivity index (χ1) is 12.1. The summed E-state index contributed by atoms with van der Waals surface area (Å²) < 4.78 is 0. The van der Waals surface area contributed by atoms with Gasteiger partial charge in [0, 0.05) is 43.0 Å². The lowest BCUT2D eigenvalue weighted by atomic mass is 10.2. The van der Waals surface area contributed by atoms with E-state index in [2.05, 4.69) is 22.1 Å². The van der Waals surface area contributed by atoms with Gasteiger partial charge in [0.05, 0.1) is 10.7 Å². The summed E-state index contributed by atoms with van der Waals surface area (Å²) in [6.07, 6.45) is 1.62. The minimum absolute atomic E-state index is 0.0263. The Hall–Kier alpha value is -1.82. The molecule has 0 atom stereocenters. The molecular formula is C18H20Cl2N4O. The Balaban J connectivity index is 1.73. The van der Waals surface area contributed by atoms with Crippen LogP contribution < -0.4 is 5.32 Å². The number of piperazine rings is 1. The quantitative estimate of drug-likeness (QED) is 0.875. The number of likely N-dealkylation sites (N-methyl/N-ethyl adjacent to an activating group) is 1. The highest BCUT2D eigenvalue weighted by Crippen LogP contribution is 2.28. The van der Waals surface area contributed by atoms with Crippen molar-refractivity contribution in [3.8, 4) is 0 Å². The fourth-order valence-corrected chi connectivity index (χ4v) is 3.15. The van der Waals surface area contributed by atoms with Crippen LogP contribution in [-0.2, 0) is 0 Å². The molecule has 2 heterocycles. The molecule has 0 bridgehead atoms. The number of nitrogens with zero attached hydrogens (tertiary/aromatic N) is 3. The summed E-state index contributed by atoms with van der Waals surface area (Å²) in [5.74, 6) is 0.584. The van der Waals surface area contributed by atoms with Gasteiger partial charge in [-0.25, -0.2) is 4.98 Å². The fourth-order valence-electron chi connectivity index (χ4n) is 2.81. The number of aromatic nitrogens is 1. The predicted octanol–water partition coefficient (Wildman–Crippen LogP) is 3.91. The van der Waals surface area contributed by atoms with E-state index in [1.54, 1.807) is 36.5 Å². The Morgan fingerprint density at radius 3 is 2.64 bits per heavy atom. The van der Waals surface area contributed by atoms with Gasteiger partial charge in [0.15, 0.2) is 0 Å². The second-order valence-corrected chi connectivity index (χ2v) is 6.75. The van der Waals surface area contributed by atoms with E-state index in [-0.39, 0.29) is 5.91 Å². The van der Waals surface area contributed by atoms with Crippen molar-refractivity contribution in [3.05, 3.63) is 52.1 Å². The molecule has 0 aliphatic carbocycles. The first-order valence-corrected chi connectivity index (χ1v) is 9.02. The van der Waals surface area contributed by atoms with E-state index in [9.17, 15) is 4.79 Å². The maximum absolute atomic E-state index is 12.7. The summed E-state index contributed by atoms with van der Waals surface area (Å²) in [6, 6.07) is 8.64. The van der Waals surface area contributed by atoms with Gasteiger partial charge < -0.3 is 15.1 Å². The molecule has 1 aliphatic rings. The van der Waals surface area contributed by atoms with Gasteiger partial charge in [0.25, 0.3) is 5.91 Å². The number of anilines is 2. The average molecular weight is 379 g/mol. The molecular weight excluding hydrogens is 359 g/mol. The summed E-state index contributed by atoms with van der Waals surface area (Å²) in [6.45, 7) is 6.48. The Kier molecular flexibility index (Phi) is 5.78. The van der Waals surface area contributed by atoms with Crippen LogP contribution >= 0.6 is 23.2 Å². The number of hydrogen-bond donors (Lipinski definition) is 1. The standard InChI is InChI=1S/C18H20Cl2N4O/c1-2-23-7-9-24(10-8-23)18(25)13-5-6-21-17(11-13)22-16-12-14(19)3-4-15(16)20/h3-6,11-12H,2,7-10H2,1H3,(H,21,22). The van der Waals surface area contributed by atoms with Crippen molar-refractivity contribution in [1.29, 1.82) is 0 Å². The van der Waals surface area contributed by atoms with Crippen LogP contribution in [0.15, 0.2) is 36.5 Å². The van der Waals surface area contributed by atoms with E-state index in [0.717, 1.165) is 32.7 Å². The molecule has 1 fully saturated rings. The van der Waals surface area contributed by atoms with Crippen LogP contribution in [0.2, 0.25) is 10.0 Å². The third-order valence-corrected chi connectivity index (χ3v) is 4.87. The summed E-state index contributed by atoms with van der Waals surface area (Å²) in [7, 11) is 0. The molecule has 3 rings (SSSR count). The van der Waals surface area contributed by atoms with Crippen molar-refractivity contribution < 1.29 is 4.79 Å². The van der Waals surface area contributed by atoms with Crippen LogP contribution in [0.1, 0.15) is 17.3 Å². The predicted molar refractivity (Wildman–Crippen MR) is 102 cm³/mol. The van der Waals surface area contributed by atoms with Gasteiger partial charge in [-0.05, 0) is 36.9 Å². The van der Waals surface area contributed by atoms with Crippen molar-refractivity contribution in [2.75, 3.05) is 38.0 Å². The number of benzene rings is 1. The molecule has 1 N–H and O–H groups in total. The molecule has 0 radical (unpaired) electrons. The molecule has 1 aliphatic heterocycles. The molecule has 2 aromatic rings. The molecule has 0 unspecified atom stereocenters. The number of amides is 1. The van der Waals surface area contributed by atoms with Crippen LogP contribution in [-0.4, -0.2) is 53.4 Å². The third kappa shape index (κ3) is 4.42. The van der Waals surface area contributed by atoms with Gasteiger partial charge >= 0.3 is 0 Å². The highest BCUT2D eigenvalue weighted by molar-refractivity contribution is 6.35. The summed E-state index contributed by atoms with van der Waals surface area (Å²) in [5, 5.41) is 4.24. The largest absolute Gasteiger partial charge is 0.339 e. The SMILES string of the molecule is CCN1CCN(C(=O)c2ccnc(Nc3cc(Cl)ccc3Cl)c2)CC1. The lowest BCUT2D eigenvalue weighted by molar-refractivity contribution is 0.0643. The highest BCUT2D eigenvalue weighted by atomic mass is 35.5. The molecule has 1 aromatic carbocycles. The lowest BCUT2D eigenvalue weighted by Gasteiger charge is -2.34. The number of hydrogen-bond acceptors (Lipinski definition) is 4. The van der Waals surface area contributed by atoms with Gasteiger partial charge in [0.1, 0.15) is 5.82 Å². The summed E-state index contributed by atoms with van der Waals surface area (Å²) in [5.41, 5.74) is 1.27. The van der Waals surface area contributed by atoms with Crippen LogP contribution in [0.5, 0.6) is 0 Å². The third-order valence-electron chi connectivity index (χ3n) is 4.30. The molecule has 132 valence electrons. The van der Waals surface area contributed by atoms with Crippen molar-refractivity contribution in [3.63, 3.8) is 0 Å². The number of nitrogens with one attached hydrogen (secondary N) is 1. The monoisotopic (exact) mass is 378 g/mol. The van der Waals surface area contributed by atoms with E-state index in [1.165, 1.54) is 0 Å². The smallest absolute Gasteiger partial charge is 0.254 e. The zero-order chi connectivity index (χ0) is 17.8. The highest BCUT2D eigenvalue weighted by Gasteiger charge is 2.21. The number of carbonyl (C=O) groups excluding carboxylic acids is 1. The molecule has 25 heavy (non-hydrogen) atoms. The normalized spacial score (nSPS) is 15.2. The molecule has 0 saturated carbocycles. The fraction of sp³-hybridized carbons (Fsp3) is 0.333. The maximum Gasteiger partial charge on any atom is 0.254 e. The second kappa shape index (κ2) is 8.04. The van der Waals surface area contributed by atoms with Gasteiger partial charge in [-0.15, -0.1) is 0 Å². The van der Waals surface area contributed by atoms with Crippen molar-refractivity contribution >= 4 is 40.6 Å². The Morgan fingerprint density at radius 2 is 1.92 bits per heavy atom. The Morgan fingerprint density at radius 1 is 1.16 bits per heavy atom. The number of rotatable bonds is 4. The van der Waals surface area contributed by atoms with Crippen molar-refractivity contribution in [2.45, 2.75) is 6.92 Å². The summed E-state index contributed by atoms with van der Waals surface area (Å²) >= 11 is 12.2. The molecule has 7 heteroatoms. The van der Waals surface area contributed by atoms with Gasteiger partial charge in [-0.2, -0.15) is 0 Å².